The number of carbonyl (C=O) groups is 2. The molecule has 0 fully saturated rings. The molecule has 3 aromatic rings. The lowest BCUT2D eigenvalue weighted by Crippen LogP contribution is -2.44. The fourth-order valence-corrected chi connectivity index (χ4v) is 4.46. The van der Waals surface area contributed by atoms with Crippen LogP contribution in [-0.2, 0) is 19.4 Å². The van der Waals surface area contributed by atoms with Gasteiger partial charge in [0.25, 0.3) is 17.4 Å². The summed E-state index contributed by atoms with van der Waals surface area (Å²) in [7, 11) is 0. The van der Waals surface area contributed by atoms with Gasteiger partial charge in [0, 0.05) is 29.3 Å². The first-order chi connectivity index (χ1) is 15.6. The maximum atomic E-state index is 13.2. The minimum absolute atomic E-state index is 0.0830. The number of fused-ring (bicyclic) bond motifs is 2. The average molecular weight is 435 g/mol. The molecule has 1 aliphatic rings. The number of aryl methyl sites for hydroxylation is 1. The van der Waals surface area contributed by atoms with Crippen LogP contribution in [0.4, 0.5) is 0 Å². The van der Waals surface area contributed by atoms with Crippen molar-refractivity contribution in [3.63, 3.8) is 0 Å². The van der Waals surface area contributed by atoms with E-state index in [-0.39, 0.29) is 11.1 Å². The second-order valence-corrected chi connectivity index (χ2v) is 8.41. The van der Waals surface area contributed by atoms with Gasteiger partial charge in [-0.3, -0.25) is 25.2 Å². The van der Waals surface area contributed by atoms with Gasteiger partial charge in [-0.05, 0) is 49.8 Å². The van der Waals surface area contributed by atoms with Crippen LogP contribution in [0.25, 0.3) is 10.9 Å². The summed E-state index contributed by atoms with van der Waals surface area (Å²) in [5.74, 6) is -1.02. The molecule has 4 rings (SSSR count). The number of pyridine rings is 1. The van der Waals surface area contributed by atoms with E-state index in [1.165, 1.54) is 6.42 Å². The number of hydrazine groups is 1. The molecule has 7 nitrogen and oxygen atoms in total. The molecule has 0 unspecified atom stereocenters. The lowest BCUT2D eigenvalue weighted by Gasteiger charge is -2.21. The van der Waals surface area contributed by atoms with E-state index in [9.17, 15) is 14.4 Å². The Morgan fingerprint density at radius 2 is 1.72 bits per heavy atom. The third-order valence-electron chi connectivity index (χ3n) is 6.20. The summed E-state index contributed by atoms with van der Waals surface area (Å²) >= 11 is 0. The Balaban J connectivity index is 1.57. The highest BCUT2D eigenvalue weighted by atomic mass is 16.2. The molecule has 0 radical (unpaired) electrons. The minimum Gasteiger partial charge on any atom is -0.360 e. The molecule has 0 bridgehead atoms. The van der Waals surface area contributed by atoms with Gasteiger partial charge in [-0.2, -0.15) is 0 Å². The number of amides is 2. The first-order valence-electron chi connectivity index (χ1n) is 11.5. The number of aromatic amines is 1. The van der Waals surface area contributed by atoms with Gasteiger partial charge in [0.1, 0.15) is 5.56 Å². The lowest BCUT2D eigenvalue weighted by molar-refractivity contribution is 0.0846. The van der Waals surface area contributed by atoms with Gasteiger partial charge in [0.05, 0.1) is 5.56 Å². The van der Waals surface area contributed by atoms with Gasteiger partial charge in [-0.15, -0.1) is 0 Å². The second-order valence-electron chi connectivity index (χ2n) is 8.41. The van der Waals surface area contributed by atoms with Crippen molar-refractivity contribution < 1.29 is 9.59 Å². The first-order valence-corrected chi connectivity index (χ1v) is 11.5. The summed E-state index contributed by atoms with van der Waals surface area (Å²) in [4.78, 5) is 41.8. The van der Waals surface area contributed by atoms with Crippen LogP contribution in [0.3, 0.4) is 0 Å². The second kappa shape index (κ2) is 9.85. The Bertz CT molecular complexity index is 1190. The highest BCUT2D eigenvalue weighted by molar-refractivity contribution is 6.07. The highest BCUT2D eigenvalue weighted by Crippen LogP contribution is 2.21. The van der Waals surface area contributed by atoms with E-state index < -0.39 is 11.8 Å². The van der Waals surface area contributed by atoms with Crippen molar-refractivity contribution in [1.82, 2.24) is 20.4 Å². The van der Waals surface area contributed by atoms with E-state index in [1.807, 2.05) is 24.3 Å². The maximum Gasteiger partial charge on any atom is 0.275 e. The van der Waals surface area contributed by atoms with Gasteiger partial charge >= 0.3 is 0 Å². The zero-order chi connectivity index (χ0) is 22.5. The van der Waals surface area contributed by atoms with Crippen LogP contribution in [0, 0.1) is 0 Å². The topological polar surface area (TPSA) is 96.0 Å². The molecule has 1 aliphatic carbocycles. The quantitative estimate of drug-likeness (QED) is 0.532. The Kier molecular flexibility index (Phi) is 6.73. The van der Waals surface area contributed by atoms with Crippen molar-refractivity contribution >= 4 is 22.7 Å². The molecule has 1 aromatic carbocycles. The molecule has 3 N–H and O–H groups in total. The van der Waals surface area contributed by atoms with Gasteiger partial charge in [-0.25, -0.2) is 0 Å². The van der Waals surface area contributed by atoms with Gasteiger partial charge in [0.2, 0.25) is 0 Å². The third kappa shape index (κ3) is 4.47. The number of nitrogens with one attached hydrogen (secondary N) is 3. The zero-order valence-electron chi connectivity index (χ0n) is 18.5. The number of benzene rings is 1. The number of unbranched alkanes of at least 4 members (excludes halogenated alkanes) is 1. The summed E-state index contributed by atoms with van der Waals surface area (Å²) < 4.78 is 1.79. The number of aromatic nitrogens is 2. The number of hydrogen-bond donors (Lipinski definition) is 3. The molecule has 0 aliphatic heterocycles. The van der Waals surface area contributed by atoms with Gasteiger partial charge in [0.15, 0.2) is 0 Å². The average Bonchev–Trinajstić information content (AvgIpc) is 3.22. The zero-order valence-corrected chi connectivity index (χ0v) is 18.5. The van der Waals surface area contributed by atoms with E-state index >= 15 is 0 Å². The number of nitrogens with zero attached hydrogens (tertiary/aromatic N) is 1. The van der Waals surface area contributed by atoms with Crippen LogP contribution >= 0.6 is 0 Å². The molecular weight excluding hydrogens is 404 g/mol. The highest BCUT2D eigenvalue weighted by Gasteiger charge is 2.21. The van der Waals surface area contributed by atoms with Crippen molar-refractivity contribution in [2.24, 2.45) is 0 Å². The van der Waals surface area contributed by atoms with E-state index in [1.54, 1.807) is 16.8 Å². The Morgan fingerprint density at radius 1 is 1.00 bits per heavy atom. The monoisotopic (exact) mass is 434 g/mol. The van der Waals surface area contributed by atoms with Crippen LogP contribution in [-0.4, -0.2) is 21.4 Å². The summed E-state index contributed by atoms with van der Waals surface area (Å²) in [6.45, 7) is 2.70. The molecule has 32 heavy (non-hydrogen) atoms. The van der Waals surface area contributed by atoms with Crippen LogP contribution in [0.2, 0.25) is 0 Å². The molecule has 0 saturated carbocycles. The SMILES string of the molecule is CCCCn1c2c(cc(C(=O)NNC(=O)c3c[nH]c4ccccc34)c1=O)CCCCCC2. The predicted molar refractivity (Wildman–Crippen MR) is 125 cm³/mol. The van der Waals surface area contributed by atoms with Crippen LogP contribution in [0.5, 0.6) is 0 Å². The van der Waals surface area contributed by atoms with Gasteiger partial charge in [-0.1, -0.05) is 44.4 Å². The van der Waals surface area contributed by atoms with E-state index in [0.29, 0.717) is 12.1 Å². The molecule has 2 heterocycles. The lowest BCUT2D eigenvalue weighted by atomic mass is 9.95. The van der Waals surface area contributed by atoms with Gasteiger partial charge < -0.3 is 9.55 Å². The summed E-state index contributed by atoms with van der Waals surface area (Å²) in [5, 5.41) is 0.766. The molecule has 2 amide bonds. The molecule has 0 spiro atoms. The summed E-state index contributed by atoms with van der Waals surface area (Å²) in [6.07, 6.45) is 9.64. The number of rotatable bonds is 5. The number of hydrogen-bond acceptors (Lipinski definition) is 3. The summed E-state index contributed by atoms with van der Waals surface area (Å²) in [6, 6.07) is 9.18. The van der Waals surface area contributed by atoms with Crippen molar-refractivity contribution in [3.05, 3.63) is 69.3 Å². The van der Waals surface area contributed by atoms with E-state index in [2.05, 4.69) is 22.8 Å². The Labute approximate surface area is 187 Å². The van der Waals surface area contributed by atoms with E-state index in [0.717, 1.165) is 67.1 Å². The third-order valence-corrected chi connectivity index (χ3v) is 6.20. The van der Waals surface area contributed by atoms with Crippen molar-refractivity contribution in [1.29, 1.82) is 0 Å². The standard InChI is InChI=1S/C25H30N4O3/c1-2-3-14-29-22-13-7-5-4-6-10-17(22)15-19(25(29)32)23(30)27-28-24(31)20-16-26-21-12-9-8-11-18(20)21/h8-9,11-12,15-16,26H,2-7,10,13-14H2,1H3,(H,27,30)(H,28,31). The van der Waals surface area contributed by atoms with E-state index in [4.69, 9.17) is 0 Å². The molecule has 0 saturated heterocycles. The maximum absolute atomic E-state index is 13.2. The predicted octanol–water partition coefficient (Wildman–Crippen LogP) is 3.86. The smallest absolute Gasteiger partial charge is 0.275 e. The fourth-order valence-electron chi connectivity index (χ4n) is 4.46. The largest absolute Gasteiger partial charge is 0.360 e. The summed E-state index contributed by atoms with van der Waals surface area (Å²) in [5.41, 5.74) is 8.12. The molecule has 0 atom stereocenters. The number of H-pyrrole nitrogens is 1. The van der Waals surface area contributed by atoms with Crippen molar-refractivity contribution in [2.75, 3.05) is 0 Å². The minimum atomic E-state index is -0.585. The molecule has 7 heteroatoms. The number of carbonyl (C=O) groups excluding carboxylic acids is 2. The number of para-hydroxylation sites is 1. The van der Waals surface area contributed by atoms with Crippen molar-refractivity contribution in [3.8, 4) is 0 Å². The van der Waals surface area contributed by atoms with Crippen molar-refractivity contribution in [2.45, 2.75) is 64.8 Å². The molecular formula is C25H30N4O3. The van der Waals surface area contributed by atoms with Crippen LogP contribution in [0.1, 0.15) is 77.4 Å². The van der Waals surface area contributed by atoms with Crippen LogP contribution < -0.4 is 16.4 Å². The first kappa shape index (κ1) is 21.9. The normalized spacial score (nSPS) is 13.8. The molecule has 168 valence electrons. The Morgan fingerprint density at radius 3 is 2.50 bits per heavy atom. The Hall–Kier alpha value is -3.35. The van der Waals surface area contributed by atoms with Crippen LogP contribution in [0.15, 0.2) is 41.3 Å². The fraction of sp³-hybridized carbons (Fsp3) is 0.400. The molecule has 2 aromatic heterocycles.